The summed E-state index contributed by atoms with van der Waals surface area (Å²) in [7, 11) is 1.61. The van der Waals surface area contributed by atoms with E-state index >= 15 is 0 Å². The van der Waals surface area contributed by atoms with Gasteiger partial charge in [0.2, 0.25) is 0 Å². The van der Waals surface area contributed by atoms with Crippen LogP contribution in [0.1, 0.15) is 18.6 Å². The van der Waals surface area contributed by atoms with Crippen molar-refractivity contribution in [1.29, 1.82) is 0 Å². The summed E-state index contributed by atoms with van der Waals surface area (Å²) in [5.74, 6) is 0.600. The summed E-state index contributed by atoms with van der Waals surface area (Å²) in [5, 5.41) is 16.3. The first kappa shape index (κ1) is 22.1. The molecule has 26 heavy (non-hydrogen) atoms. The van der Waals surface area contributed by atoms with Crippen molar-refractivity contribution in [2.75, 3.05) is 46.6 Å². The molecule has 0 bridgehead atoms. The van der Waals surface area contributed by atoms with E-state index in [1.165, 1.54) is 24.3 Å². The summed E-state index contributed by atoms with van der Waals surface area (Å²) in [4.78, 5) is 4.31. The van der Waals surface area contributed by atoms with E-state index in [2.05, 4.69) is 20.4 Å². The standard InChI is InChI=1S/C17H27F2N3O4/c1-3-20-17(21-8-9-25-11-10-24-2)22-12-15(23)13-4-6-14(7-5-13)26-16(18)19/h4-7,15-16,23H,3,8-12H2,1-2H3,(H2,20,21,22). The van der Waals surface area contributed by atoms with Crippen LogP contribution in [0.5, 0.6) is 5.75 Å². The van der Waals surface area contributed by atoms with E-state index in [4.69, 9.17) is 9.47 Å². The van der Waals surface area contributed by atoms with Crippen LogP contribution in [-0.4, -0.2) is 64.2 Å². The number of guanidine groups is 1. The minimum absolute atomic E-state index is 0.0444. The van der Waals surface area contributed by atoms with Gasteiger partial charge >= 0.3 is 6.61 Å². The Hall–Kier alpha value is -1.97. The number of rotatable bonds is 12. The molecule has 7 nitrogen and oxygen atoms in total. The van der Waals surface area contributed by atoms with Crippen LogP contribution < -0.4 is 15.4 Å². The van der Waals surface area contributed by atoms with E-state index in [9.17, 15) is 13.9 Å². The van der Waals surface area contributed by atoms with Crippen LogP contribution in [0, 0.1) is 0 Å². The first-order valence-electron chi connectivity index (χ1n) is 8.38. The highest BCUT2D eigenvalue weighted by molar-refractivity contribution is 5.79. The Morgan fingerprint density at radius 2 is 1.88 bits per heavy atom. The van der Waals surface area contributed by atoms with Gasteiger partial charge in [-0.05, 0) is 24.6 Å². The van der Waals surface area contributed by atoms with E-state index in [1.807, 2.05) is 6.92 Å². The first-order valence-corrected chi connectivity index (χ1v) is 8.38. The van der Waals surface area contributed by atoms with Crippen LogP contribution in [0.15, 0.2) is 29.3 Å². The molecule has 0 aliphatic rings. The predicted molar refractivity (Wildman–Crippen MR) is 94.7 cm³/mol. The summed E-state index contributed by atoms with van der Waals surface area (Å²) in [6.45, 7) is 1.98. The number of aliphatic imine (C=N–C) groups is 1. The number of halogens is 2. The van der Waals surface area contributed by atoms with Crippen molar-refractivity contribution in [3.63, 3.8) is 0 Å². The summed E-state index contributed by atoms with van der Waals surface area (Å²) < 4.78 is 38.8. The molecule has 1 aromatic rings. The van der Waals surface area contributed by atoms with Gasteiger partial charge in [-0.2, -0.15) is 8.78 Å². The zero-order valence-electron chi connectivity index (χ0n) is 15.1. The molecule has 0 aliphatic carbocycles. The smallest absolute Gasteiger partial charge is 0.387 e. The van der Waals surface area contributed by atoms with Crippen LogP contribution in [0.4, 0.5) is 8.78 Å². The number of hydrogen-bond donors (Lipinski definition) is 3. The van der Waals surface area contributed by atoms with Crippen molar-refractivity contribution in [3.8, 4) is 5.75 Å². The summed E-state index contributed by atoms with van der Waals surface area (Å²) >= 11 is 0. The highest BCUT2D eigenvalue weighted by Crippen LogP contribution is 2.19. The van der Waals surface area contributed by atoms with E-state index < -0.39 is 12.7 Å². The Bertz CT molecular complexity index is 515. The maximum Gasteiger partial charge on any atom is 0.387 e. The molecule has 1 atom stereocenters. The zero-order valence-corrected chi connectivity index (χ0v) is 15.1. The number of benzene rings is 1. The fraction of sp³-hybridized carbons (Fsp3) is 0.588. The molecule has 0 heterocycles. The quantitative estimate of drug-likeness (QED) is 0.292. The molecule has 1 aromatic carbocycles. The van der Waals surface area contributed by atoms with Gasteiger partial charge in [-0.25, -0.2) is 0 Å². The fourth-order valence-corrected chi connectivity index (χ4v) is 1.98. The number of hydrogen-bond acceptors (Lipinski definition) is 5. The second-order valence-electron chi connectivity index (χ2n) is 5.21. The topological polar surface area (TPSA) is 84.3 Å². The summed E-state index contributed by atoms with van der Waals surface area (Å²) in [6, 6.07) is 5.83. The average Bonchev–Trinajstić information content (AvgIpc) is 2.62. The molecule has 0 aromatic heterocycles. The number of nitrogens with one attached hydrogen (secondary N) is 2. The van der Waals surface area contributed by atoms with Crippen molar-refractivity contribution in [1.82, 2.24) is 10.6 Å². The van der Waals surface area contributed by atoms with Crippen LogP contribution in [0.3, 0.4) is 0 Å². The van der Waals surface area contributed by atoms with E-state index in [0.717, 1.165) is 0 Å². The minimum atomic E-state index is -2.87. The lowest BCUT2D eigenvalue weighted by atomic mass is 10.1. The normalized spacial score (nSPS) is 12.9. The monoisotopic (exact) mass is 375 g/mol. The largest absolute Gasteiger partial charge is 0.435 e. The molecule has 148 valence electrons. The van der Waals surface area contributed by atoms with Gasteiger partial charge in [0.1, 0.15) is 5.75 Å². The SMILES string of the molecule is CCNC(=NCC(O)c1ccc(OC(F)F)cc1)NCCOCCOC. The number of methoxy groups -OCH3 is 1. The van der Waals surface area contributed by atoms with Crippen molar-refractivity contribution in [2.45, 2.75) is 19.6 Å². The Labute approximate surface area is 152 Å². The van der Waals surface area contributed by atoms with Crippen LogP contribution in [0.25, 0.3) is 0 Å². The van der Waals surface area contributed by atoms with Crippen molar-refractivity contribution in [3.05, 3.63) is 29.8 Å². The third-order valence-electron chi connectivity index (χ3n) is 3.23. The van der Waals surface area contributed by atoms with E-state index in [-0.39, 0.29) is 12.3 Å². The molecule has 1 rings (SSSR count). The first-order chi connectivity index (χ1) is 12.6. The lowest BCUT2D eigenvalue weighted by molar-refractivity contribution is -0.0498. The minimum Gasteiger partial charge on any atom is -0.435 e. The van der Waals surface area contributed by atoms with Gasteiger partial charge < -0.3 is 30.0 Å². The lowest BCUT2D eigenvalue weighted by Crippen LogP contribution is -2.39. The average molecular weight is 375 g/mol. The lowest BCUT2D eigenvalue weighted by Gasteiger charge is -2.14. The van der Waals surface area contributed by atoms with Crippen molar-refractivity contribution >= 4 is 5.96 Å². The molecule has 0 amide bonds. The Balaban J connectivity index is 2.46. The fourth-order valence-electron chi connectivity index (χ4n) is 1.98. The maximum atomic E-state index is 12.1. The van der Waals surface area contributed by atoms with E-state index in [1.54, 1.807) is 7.11 Å². The van der Waals surface area contributed by atoms with Gasteiger partial charge in [0.05, 0.1) is 32.5 Å². The van der Waals surface area contributed by atoms with Crippen LogP contribution in [-0.2, 0) is 9.47 Å². The van der Waals surface area contributed by atoms with Crippen molar-refractivity contribution < 1.29 is 28.1 Å². The summed E-state index contributed by atoms with van der Waals surface area (Å²) in [6.07, 6.45) is -0.857. The molecule has 0 fully saturated rings. The number of ether oxygens (including phenoxy) is 3. The summed E-state index contributed by atoms with van der Waals surface area (Å²) in [5.41, 5.74) is 0.564. The van der Waals surface area contributed by atoms with Crippen LogP contribution >= 0.6 is 0 Å². The van der Waals surface area contributed by atoms with Gasteiger partial charge in [0, 0.05) is 20.2 Å². The number of aliphatic hydroxyl groups is 1. The number of aliphatic hydroxyl groups excluding tert-OH is 1. The third kappa shape index (κ3) is 9.50. The van der Waals surface area contributed by atoms with E-state index in [0.29, 0.717) is 44.4 Å². The van der Waals surface area contributed by atoms with Crippen molar-refractivity contribution in [2.24, 2.45) is 4.99 Å². The highest BCUT2D eigenvalue weighted by atomic mass is 19.3. The number of alkyl halides is 2. The van der Waals surface area contributed by atoms with Gasteiger partial charge in [-0.3, -0.25) is 4.99 Å². The molecular weight excluding hydrogens is 348 g/mol. The van der Waals surface area contributed by atoms with Gasteiger partial charge in [-0.1, -0.05) is 12.1 Å². The van der Waals surface area contributed by atoms with Gasteiger partial charge in [0.25, 0.3) is 0 Å². The number of nitrogens with zero attached hydrogens (tertiary/aromatic N) is 1. The van der Waals surface area contributed by atoms with Gasteiger partial charge in [0.15, 0.2) is 5.96 Å². The molecule has 1 unspecified atom stereocenters. The zero-order chi connectivity index (χ0) is 19.2. The second kappa shape index (κ2) is 13.3. The Morgan fingerprint density at radius 3 is 2.50 bits per heavy atom. The third-order valence-corrected chi connectivity index (χ3v) is 3.23. The predicted octanol–water partition coefficient (Wildman–Crippen LogP) is 1.54. The Kier molecular flexibility index (Phi) is 11.3. The molecule has 9 heteroatoms. The van der Waals surface area contributed by atoms with Crippen LogP contribution in [0.2, 0.25) is 0 Å². The molecule has 0 aliphatic heterocycles. The highest BCUT2D eigenvalue weighted by Gasteiger charge is 2.09. The molecule has 0 saturated carbocycles. The maximum absolute atomic E-state index is 12.1. The Morgan fingerprint density at radius 1 is 1.15 bits per heavy atom. The molecule has 3 N–H and O–H groups in total. The molecule has 0 saturated heterocycles. The second-order valence-corrected chi connectivity index (χ2v) is 5.21. The molecule has 0 spiro atoms. The molecule has 0 radical (unpaired) electrons. The molecular formula is C17H27F2N3O4. The van der Waals surface area contributed by atoms with Gasteiger partial charge in [-0.15, -0.1) is 0 Å².